The predicted molar refractivity (Wildman–Crippen MR) is 98.9 cm³/mol. The molecule has 1 saturated heterocycles. The van der Waals surface area contributed by atoms with Gasteiger partial charge in [0.25, 0.3) is 0 Å². The number of carbonyl (C=O) groups excluding carboxylic acids is 1. The maximum absolute atomic E-state index is 12.5. The molecular weight excluding hydrogens is 363 g/mol. The van der Waals surface area contributed by atoms with Crippen molar-refractivity contribution in [2.45, 2.75) is 51.9 Å². The van der Waals surface area contributed by atoms with Gasteiger partial charge in [-0.1, -0.05) is 0 Å². The van der Waals surface area contributed by atoms with Crippen LogP contribution in [0.4, 0.5) is 18.0 Å². The van der Waals surface area contributed by atoms with Gasteiger partial charge in [-0.05, 0) is 34.1 Å². The first-order chi connectivity index (χ1) is 12.4. The molecule has 1 aliphatic heterocycles. The standard InChI is InChI=1S/C17H32F3N5O2/c1-6-25(15(26)27-16(2,3)4)10-8-22-14(21-5)23-13-7-9-24(11-13)12-17(18,19)20/h13H,6-12H2,1-5H3,(H2,21,22,23). The van der Waals surface area contributed by atoms with Gasteiger partial charge >= 0.3 is 12.3 Å². The van der Waals surface area contributed by atoms with Crippen LogP contribution in [-0.2, 0) is 4.74 Å². The summed E-state index contributed by atoms with van der Waals surface area (Å²) >= 11 is 0. The fourth-order valence-corrected chi connectivity index (χ4v) is 2.75. The van der Waals surface area contributed by atoms with Gasteiger partial charge in [0.2, 0.25) is 0 Å². The van der Waals surface area contributed by atoms with Crippen LogP contribution in [0.1, 0.15) is 34.1 Å². The second-order valence-corrected chi connectivity index (χ2v) is 7.54. The molecule has 27 heavy (non-hydrogen) atoms. The van der Waals surface area contributed by atoms with Crippen LogP contribution in [0.5, 0.6) is 0 Å². The van der Waals surface area contributed by atoms with Gasteiger partial charge in [0.05, 0.1) is 6.54 Å². The molecule has 1 fully saturated rings. The average Bonchev–Trinajstić information content (AvgIpc) is 2.93. The zero-order valence-electron chi connectivity index (χ0n) is 16.8. The molecule has 0 radical (unpaired) electrons. The minimum Gasteiger partial charge on any atom is -0.444 e. The molecule has 0 spiro atoms. The first-order valence-corrected chi connectivity index (χ1v) is 9.17. The lowest BCUT2D eigenvalue weighted by molar-refractivity contribution is -0.143. The van der Waals surface area contributed by atoms with Gasteiger partial charge < -0.3 is 20.3 Å². The predicted octanol–water partition coefficient (Wildman–Crippen LogP) is 2.04. The normalized spacial score (nSPS) is 19.1. The zero-order valence-corrected chi connectivity index (χ0v) is 16.8. The smallest absolute Gasteiger partial charge is 0.410 e. The molecule has 0 aromatic heterocycles. The monoisotopic (exact) mass is 395 g/mol. The first kappa shape index (κ1) is 23.3. The summed E-state index contributed by atoms with van der Waals surface area (Å²) in [5, 5.41) is 6.23. The molecule has 1 unspecified atom stereocenters. The Bertz CT molecular complexity index is 506. The topological polar surface area (TPSA) is 69.2 Å². The molecule has 10 heteroatoms. The van der Waals surface area contributed by atoms with E-state index in [-0.39, 0.29) is 12.1 Å². The SMILES string of the molecule is CCN(CCNC(=NC)NC1CCN(CC(F)(F)F)C1)C(=O)OC(C)(C)C. The third kappa shape index (κ3) is 9.69. The van der Waals surface area contributed by atoms with Gasteiger partial charge in [-0.25, -0.2) is 4.79 Å². The summed E-state index contributed by atoms with van der Waals surface area (Å²) in [6, 6.07) is -0.0910. The van der Waals surface area contributed by atoms with Crippen LogP contribution >= 0.6 is 0 Å². The van der Waals surface area contributed by atoms with Crippen LogP contribution in [0.25, 0.3) is 0 Å². The zero-order chi connectivity index (χ0) is 20.7. The van der Waals surface area contributed by atoms with Crippen molar-refractivity contribution >= 4 is 12.1 Å². The third-order valence-corrected chi connectivity index (χ3v) is 3.95. The summed E-state index contributed by atoms with van der Waals surface area (Å²) < 4.78 is 42.7. The van der Waals surface area contributed by atoms with Crippen LogP contribution in [0.3, 0.4) is 0 Å². The van der Waals surface area contributed by atoms with Crippen LogP contribution in [-0.4, -0.2) is 86.0 Å². The first-order valence-electron chi connectivity index (χ1n) is 9.17. The van der Waals surface area contributed by atoms with Crippen molar-refractivity contribution in [3.63, 3.8) is 0 Å². The number of alkyl halides is 3. The molecule has 0 bridgehead atoms. The van der Waals surface area contributed by atoms with Crippen LogP contribution in [0.15, 0.2) is 4.99 Å². The fraction of sp³-hybridized carbons (Fsp3) is 0.882. The van der Waals surface area contributed by atoms with Gasteiger partial charge in [-0.15, -0.1) is 0 Å². The van der Waals surface area contributed by atoms with E-state index in [4.69, 9.17) is 4.74 Å². The summed E-state index contributed by atoms with van der Waals surface area (Å²) in [7, 11) is 1.60. The van der Waals surface area contributed by atoms with Crippen LogP contribution < -0.4 is 10.6 Å². The minimum atomic E-state index is -4.18. The van der Waals surface area contributed by atoms with E-state index in [1.807, 2.05) is 27.7 Å². The van der Waals surface area contributed by atoms with E-state index in [0.29, 0.717) is 45.1 Å². The Balaban J connectivity index is 2.39. The molecule has 0 aromatic carbocycles. The van der Waals surface area contributed by atoms with E-state index in [0.717, 1.165) is 0 Å². The fourth-order valence-electron chi connectivity index (χ4n) is 2.75. The van der Waals surface area contributed by atoms with Gasteiger partial charge in [0, 0.05) is 45.8 Å². The number of ether oxygens (including phenoxy) is 1. The number of likely N-dealkylation sites (tertiary alicyclic amines) is 1. The Hall–Kier alpha value is -1.71. The number of rotatable bonds is 6. The van der Waals surface area contributed by atoms with Crippen molar-refractivity contribution < 1.29 is 22.7 Å². The van der Waals surface area contributed by atoms with Gasteiger partial charge in [0.15, 0.2) is 5.96 Å². The molecule has 0 saturated carbocycles. The Kier molecular flexibility index (Phi) is 8.64. The second kappa shape index (κ2) is 10.0. The molecule has 2 N–H and O–H groups in total. The highest BCUT2D eigenvalue weighted by atomic mass is 19.4. The lowest BCUT2D eigenvalue weighted by atomic mass is 10.2. The number of hydrogen-bond donors (Lipinski definition) is 2. The Morgan fingerprint density at radius 3 is 2.52 bits per heavy atom. The molecule has 1 atom stereocenters. The minimum absolute atomic E-state index is 0.0910. The highest BCUT2D eigenvalue weighted by Gasteiger charge is 2.34. The molecule has 158 valence electrons. The number of amides is 1. The number of hydrogen-bond acceptors (Lipinski definition) is 4. The third-order valence-electron chi connectivity index (χ3n) is 3.95. The van der Waals surface area contributed by atoms with E-state index < -0.39 is 18.3 Å². The quantitative estimate of drug-likeness (QED) is 0.532. The molecular formula is C17H32F3N5O2. The summed E-state index contributed by atoms with van der Waals surface area (Å²) in [5.41, 5.74) is -0.555. The maximum Gasteiger partial charge on any atom is 0.410 e. The largest absolute Gasteiger partial charge is 0.444 e. The molecule has 0 aromatic rings. The van der Waals surface area contributed by atoms with Crippen molar-refractivity contribution in [2.24, 2.45) is 4.99 Å². The van der Waals surface area contributed by atoms with E-state index >= 15 is 0 Å². The van der Waals surface area contributed by atoms with Crippen molar-refractivity contribution in [1.82, 2.24) is 20.4 Å². The van der Waals surface area contributed by atoms with Gasteiger partial charge in [-0.2, -0.15) is 13.2 Å². The number of likely N-dealkylation sites (N-methyl/N-ethyl adjacent to an activating group) is 1. The molecule has 0 aliphatic carbocycles. The van der Waals surface area contributed by atoms with Gasteiger partial charge in [0.1, 0.15) is 5.60 Å². The number of nitrogens with one attached hydrogen (secondary N) is 2. The molecule has 7 nitrogen and oxygen atoms in total. The Morgan fingerprint density at radius 1 is 1.33 bits per heavy atom. The molecule has 1 rings (SSSR count). The number of halogens is 3. The number of guanidine groups is 1. The lowest BCUT2D eigenvalue weighted by Gasteiger charge is -2.27. The average molecular weight is 395 g/mol. The maximum atomic E-state index is 12.5. The van der Waals surface area contributed by atoms with Gasteiger partial charge in [-0.3, -0.25) is 9.89 Å². The number of aliphatic imine (C=N–C) groups is 1. The summed E-state index contributed by atoms with van der Waals surface area (Å²) in [6.07, 6.45) is -3.94. The lowest BCUT2D eigenvalue weighted by Crippen LogP contribution is -2.48. The highest BCUT2D eigenvalue weighted by Crippen LogP contribution is 2.19. The highest BCUT2D eigenvalue weighted by molar-refractivity contribution is 5.80. The van der Waals surface area contributed by atoms with E-state index in [1.54, 1.807) is 11.9 Å². The van der Waals surface area contributed by atoms with Crippen molar-refractivity contribution in [3.05, 3.63) is 0 Å². The second-order valence-electron chi connectivity index (χ2n) is 7.54. The van der Waals surface area contributed by atoms with Crippen LogP contribution in [0.2, 0.25) is 0 Å². The number of carbonyl (C=O) groups is 1. The summed E-state index contributed by atoms with van der Waals surface area (Å²) in [4.78, 5) is 19.2. The summed E-state index contributed by atoms with van der Waals surface area (Å²) in [5.74, 6) is 0.508. The Labute approximate surface area is 159 Å². The van der Waals surface area contributed by atoms with Crippen molar-refractivity contribution in [3.8, 4) is 0 Å². The molecule has 1 amide bonds. The molecule has 1 aliphatic rings. The Morgan fingerprint density at radius 2 is 2.00 bits per heavy atom. The van der Waals surface area contributed by atoms with Crippen LogP contribution in [0, 0.1) is 0 Å². The summed E-state index contributed by atoms with van der Waals surface area (Å²) in [6.45, 7) is 8.52. The van der Waals surface area contributed by atoms with Crippen molar-refractivity contribution in [2.75, 3.05) is 46.3 Å². The van der Waals surface area contributed by atoms with E-state index in [9.17, 15) is 18.0 Å². The van der Waals surface area contributed by atoms with Crippen molar-refractivity contribution in [1.29, 1.82) is 0 Å². The molecule has 1 heterocycles. The van der Waals surface area contributed by atoms with E-state index in [2.05, 4.69) is 15.6 Å². The van der Waals surface area contributed by atoms with E-state index in [1.165, 1.54) is 4.90 Å². The number of nitrogens with zero attached hydrogens (tertiary/aromatic N) is 3.